The van der Waals surface area contributed by atoms with E-state index in [0.717, 1.165) is 0 Å². The van der Waals surface area contributed by atoms with E-state index in [4.69, 9.17) is 16.7 Å². The second-order valence-electron chi connectivity index (χ2n) is 4.26. The predicted molar refractivity (Wildman–Crippen MR) is 68.5 cm³/mol. The smallest absolute Gasteiger partial charge is 0.287 e. The minimum Gasteiger partial charge on any atom is -0.396 e. The van der Waals surface area contributed by atoms with Crippen LogP contribution in [0.1, 0.15) is 20.3 Å². The number of aromatic nitrogens is 2. The largest absolute Gasteiger partial charge is 0.396 e. The van der Waals surface area contributed by atoms with Gasteiger partial charge in [-0.05, 0) is 12.3 Å². The van der Waals surface area contributed by atoms with Crippen molar-refractivity contribution < 1.29 is 5.11 Å². The minimum atomic E-state index is -0.283. The van der Waals surface area contributed by atoms with Crippen LogP contribution < -0.4 is 10.9 Å². The zero-order valence-corrected chi connectivity index (χ0v) is 10.9. The van der Waals surface area contributed by atoms with Gasteiger partial charge in [-0.3, -0.25) is 4.79 Å². The molecule has 0 atom stereocenters. The van der Waals surface area contributed by atoms with E-state index in [9.17, 15) is 4.79 Å². The van der Waals surface area contributed by atoms with Gasteiger partial charge in [-0.1, -0.05) is 25.4 Å². The molecule has 0 saturated carbocycles. The molecule has 0 aliphatic rings. The molecular weight excluding hydrogens is 242 g/mol. The van der Waals surface area contributed by atoms with Crippen molar-refractivity contribution in [1.29, 1.82) is 0 Å². The Labute approximate surface area is 105 Å². The lowest BCUT2D eigenvalue weighted by Crippen LogP contribution is -2.26. The first kappa shape index (κ1) is 14.0. The fourth-order valence-electron chi connectivity index (χ4n) is 1.37. The minimum absolute atomic E-state index is 0.0997. The summed E-state index contributed by atoms with van der Waals surface area (Å²) in [4.78, 5) is 11.8. The molecule has 17 heavy (non-hydrogen) atoms. The van der Waals surface area contributed by atoms with E-state index >= 15 is 0 Å². The summed E-state index contributed by atoms with van der Waals surface area (Å²) in [6.07, 6.45) is 2.15. The third-order valence-corrected chi connectivity index (χ3v) is 2.54. The molecule has 2 N–H and O–H groups in total. The fraction of sp³-hybridized carbons (Fsp3) is 0.636. The van der Waals surface area contributed by atoms with Crippen LogP contribution in [0.15, 0.2) is 11.0 Å². The molecule has 1 aromatic heterocycles. The van der Waals surface area contributed by atoms with Gasteiger partial charge in [-0.2, -0.15) is 5.10 Å². The Morgan fingerprint density at radius 3 is 2.88 bits per heavy atom. The first-order valence-electron chi connectivity index (χ1n) is 5.66. The topological polar surface area (TPSA) is 67.2 Å². The highest BCUT2D eigenvalue weighted by atomic mass is 35.5. The van der Waals surface area contributed by atoms with Gasteiger partial charge in [0.1, 0.15) is 5.02 Å². The number of aliphatic hydroxyl groups excluding tert-OH is 1. The van der Waals surface area contributed by atoms with E-state index in [1.807, 2.05) is 13.8 Å². The normalized spacial score (nSPS) is 10.9. The summed E-state index contributed by atoms with van der Waals surface area (Å²) >= 11 is 5.96. The zero-order chi connectivity index (χ0) is 12.8. The van der Waals surface area contributed by atoms with E-state index in [-0.39, 0.29) is 17.2 Å². The molecule has 6 heteroatoms. The molecule has 0 radical (unpaired) electrons. The van der Waals surface area contributed by atoms with Crippen LogP contribution in [0.25, 0.3) is 0 Å². The number of rotatable bonds is 6. The lowest BCUT2D eigenvalue weighted by atomic mass is 10.2. The molecule has 1 rings (SSSR count). The SMILES string of the molecule is CC(C)Cn1ncc(NCCCO)c(Cl)c1=O. The second kappa shape index (κ2) is 6.61. The first-order chi connectivity index (χ1) is 8.06. The molecule has 0 fully saturated rings. The van der Waals surface area contributed by atoms with E-state index in [0.29, 0.717) is 31.1 Å². The molecule has 1 heterocycles. The van der Waals surface area contributed by atoms with Crippen molar-refractivity contribution in [2.24, 2.45) is 5.92 Å². The molecule has 0 spiro atoms. The van der Waals surface area contributed by atoms with E-state index in [1.54, 1.807) is 6.20 Å². The zero-order valence-electron chi connectivity index (χ0n) is 10.1. The van der Waals surface area contributed by atoms with Crippen molar-refractivity contribution in [3.63, 3.8) is 0 Å². The quantitative estimate of drug-likeness (QED) is 0.757. The summed E-state index contributed by atoms with van der Waals surface area (Å²) < 4.78 is 1.37. The average Bonchev–Trinajstić information content (AvgIpc) is 2.28. The Kier molecular flexibility index (Phi) is 5.44. The van der Waals surface area contributed by atoms with Crippen LogP contribution in [-0.4, -0.2) is 28.0 Å². The number of halogens is 1. The highest BCUT2D eigenvalue weighted by Gasteiger charge is 2.09. The van der Waals surface area contributed by atoms with Gasteiger partial charge < -0.3 is 10.4 Å². The van der Waals surface area contributed by atoms with Crippen LogP contribution in [-0.2, 0) is 6.54 Å². The number of aliphatic hydroxyl groups is 1. The third kappa shape index (κ3) is 4.02. The van der Waals surface area contributed by atoms with Gasteiger partial charge in [0.25, 0.3) is 5.56 Å². The summed E-state index contributed by atoms with van der Waals surface area (Å²) in [7, 11) is 0. The van der Waals surface area contributed by atoms with Crippen LogP contribution in [0.5, 0.6) is 0 Å². The number of nitrogens with one attached hydrogen (secondary N) is 1. The Hall–Kier alpha value is -1.07. The predicted octanol–water partition coefficient (Wildman–Crippen LogP) is 1.35. The van der Waals surface area contributed by atoms with E-state index < -0.39 is 0 Å². The van der Waals surface area contributed by atoms with E-state index in [1.165, 1.54) is 4.68 Å². The highest BCUT2D eigenvalue weighted by molar-refractivity contribution is 6.32. The summed E-state index contributed by atoms with van der Waals surface area (Å²) in [5.41, 5.74) is 0.236. The fourth-order valence-corrected chi connectivity index (χ4v) is 1.58. The monoisotopic (exact) mass is 259 g/mol. The average molecular weight is 260 g/mol. The Morgan fingerprint density at radius 2 is 2.29 bits per heavy atom. The number of anilines is 1. The van der Waals surface area contributed by atoms with Gasteiger partial charge >= 0.3 is 0 Å². The van der Waals surface area contributed by atoms with Gasteiger partial charge in [0.15, 0.2) is 0 Å². The summed E-state index contributed by atoms with van der Waals surface area (Å²) in [5, 5.41) is 15.8. The lowest BCUT2D eigenvalue weighted by Gasteiger charge is -2.11. The van der Waals surface area contributed by atoms with Crippen LogP contribution in [0.4, 0.5) is 5.69 Å². The third-order valence-electron chi connectivity index (χ3n) is 2.17. The molecule has 5 nitrogen and oxygen atoms in total. The molecule has 1 aromatic rings. The van der Waals surface area contributed by atoms with Crippen molar-refractivity contribution in [3.05, 3.63) is 21.6 Å². The summed E-state index contributed by atoms with van der Waals surface area (Å²) in [6.45, 7) is 5.23. The number of nitrogens with zero attached hydrogens (tertiary/aromatic N) is 2. The molecule has 0 unspecified atom stereocenters. The van der Waals surface area contributed by atoms with Crippen molar-refractivity contribution in [1.82, 2.24) is 9.78 Å². The number of hydrogen-bond acceptors (Lipinski definition) is 4. The van der Waals surface area contributed by atoms with Crippen molar-refractivity contribution in [2.75, 3.05) is 18.5 Å². The van der Waals surface area contributed by atoms with Gasteiger partial charge in [0.05, 0.1) is 11.9 Å². The molecule has 0 saturated heterocycles. The van der Waals surface area contributed by atoms with Crippen molar-refractivity contribution in [3.8, 4) is 0 Å². The van der Waals surface area contributed by atoms with Gasteiger partial charge in [-0.15, -0.1) is 0 Å². The van der Waals surface area contributed by atoms with E-state index in [2.05, 4.69) is 10.4 Å². The van der Waals surface area contributed by atoms with Crippen LogP contribution in [0.3, 0.4) is 0 Å². The van der Waals surface area contributed by atoms with Gasteiger partial charge in [0, 0.05) is 19.7 Å². The van der Waals surface area contributed by atoms with Gasteiger partial charge in [-0.25, -0.2) is 4.68 Å². The molecule has 0 amide bonds. The Morgan fingerprint density at radius 1 is 1.59 bits per heavy atom. The standard InChI is InChI=1S/C11H18ClN3O2/c1-8(2)7-15-11(17)10(12)9(6-14-15)13-4-3-5-16/h6,8,13,16H,3-5,7H2,1-2H3. The highest BCUT2D eigenvalue weighted by Crippen LogP contribution is 2.15. The molecule has 0 aliphatic heterocycles. The second-order valence-corrected chi connectivity index (χ2v) is 4.64. The van der Waals surface area contributed by atoms with Crippen molar-refractivity contribution in [2.45, 2.75) is 26.8 Å². The van der Waals surface area contributed by atoms with Crippen LogP contribution >= 0.6 is 11.6 Å². The summed E-state index contributed by atoms with van der Waals surface area (Å²) in [6, 6.07) is 0. The van der Waals surface area contributed by atoms with Gasteiger partial charge in [0.2, 0.25) is 0 Å². The maximum atomic E-state index is 11.8. The molecule has 0 aromatic carbocycles. The molecule has 96 valence electrons. The Balaban J connectivity index is 2.83. The maximum absolute atomic E-state index is 11.8. The Bertz CT molecular complexity index is 418. The molecule has 0 aliphatic carbocycles. The number of hydrogen-bond donors (Lipinski definition) is 2. The first-order valence-corrected chi connectivity index (χ1v) is 6.04. The van der Waals surface area contributed by atoms with Crippen LogP contribution in [0, 0.1) is 5.92 Å². The lowest BCUT2D eigenvalue weighted by molar-refractivity contribution is 0.292. The molecular formula is C11H18ClN3O2. The summed E-state index contributed by atoms with van der Waals surface area (Å²) in [5.74, 6) is 0.337. The van der Waals surface area contributed by atoms with Crippen LogP contribution in [0.2, 0.25) is 5.02 Å². The maximum Gasteiger partial charge on any atom is 0.287 e. The van der Waals surface area contributed by atoms with Crippen molar-refractivity contribution >= 4 is 17.3 Å². The molecule has 0 bridgehead atoms.